The van der Waals surface area contributed by atoms with Crippen molar-refractivity contribution < 1.29 is 28.7 Å². The van der Waals surface area contributed by atoms with Gasteiger partial charge >= 0.3 is 12.0 Å². The molecule has 1 aromatic rings. The molecule has 0 spiro atoms. The van der Waals surface area contributed by atoms with Crippen LogP contribution in [0.15, 0.2) is 24.3 Å². The van der Waals surface area contributed by atoms with E-state index in [0.29, 0.717) is 10.5 Å². The number of halogens is 1. The van der Waals surface area contributed by atoms with Gasteiger partial charge in [0.05, 0.1) is 0 Å². The van der Waals surface area contributed by atoms with Gasteiger partial charge in [0.2, 0.25) is 5.91 Å². The third-order valence-corrected chi connectivity index (χ3v) is 3.79. The lowest BCUT2D eigenvalue weighted by atomic mass is 9.92. The van der Waals surface area contributed by atoms with Crippen LogP contribution in [-0.2, 0) is 19.9 Å². The van der Waals surface area contributed by atoms with Gasteiger partial charge in [-0.15, -0.1) is 0 Å². The first kappa shape index (κ1) is 17.4. The van der Waals surface area contributed by atoms with Crippen molar-refractivity contribution in [3.8, 4) is 0 Å². The zero-order valence-electron chi connectivity index (χ0n) is 13.1. The lowest BCUT2D eigenvalue weighted by Crippen LogP contribution is -2.44. The quantitative estimate of drug-likeness (QED) is 0.743. The van der Waals surface area contributed by atoms with Crippen LogP contribution in [0.1, 0.15) is 12.5 Å². The Kier molecular flexibility index (Phi) is 4.54. The van der Waals surface area contributed by atoms with Crippen molar-refractivity contribution in [3.05, 3.63) is 35.6 Å². The molecule has 9 heteroatoms. The van der Waals surface area contributed by atoms with Gasteiger partial charge in [-0.1, -0.05) is 12.1 Å². The molecule has 1 aromatic carbocycles. The second-order valence-electron chi connectivity index (χ2n) is 5.60. The number of amides is 4. The van der Waals surface area contributed by atoms with Crippen LogP contribution in [0, 0.1) is 5.82 Å². The highest BCUT2D eigenvalue weighted by atomic mass is 19.1. The highest BCUT2D eigenvalue weighted by molar-refractivity contribution is 6.09. The largest absolute Gasteiger partial charge is 0.480 e. The number of nitrogens with zero attached hydrogens (tertiary/aromatic N) is 2. The van der Waals surface area contributed by atoms with E-state index in [-0.39, 0.29) is 0 Å². The number of aliphatic carboxylic acids is 1. The van der Waals surface area contributed by atoms with Crippen LogP contribution < -0.4 is 5.32 Å². The number of hydrogen-bond donors (Lipinski definition) is 2. The predicted octanol–water partition coefficient (Wildman–Crippen LogP) is 0.136. The summed E-state index contributed by atoms with van der Waals surface area (Å²) < 4.78 is 13.0. The fourth-order valence-corrected chi connectivity index (χ4v) is 2.37. The smallest absolute Gasteiger partial charge is 0.325 e. The maximum Gasteiger partial charge on any atom is 0.325 e. The number of likely N-dealkylation sites (N-methyl/N-ethyl adjacent to an activating group) is 1. The van der Waals surface area contributed by atoms with Gasteiger partial charge in [-0.25, -0.2) is 9.18 Å². The summed E-state index contributed by atoms with van der Waals surface area (Å²) in [6, 6.07) is 4.29. The van der Waals surface area contributed by atoms with Crippen LogP contribution in [0.3, 0.4) is 0 Å². The molecular formula is C15H16FN3O5. The third kappa shape index (κ3) is 3.19. The van der Waals surface area contributed by atoms with E-state index < -0.39 is 48.3 Å². The van der Waals surface area contributed by atoms with E-state index in [2.05, 4.69) is 5.32 Å². The van der Waals surface area contributed by atoms with E-state index in [1.54, 1.807) is 0 Å². The van der Waals surface area contributed by atoms with E-state index in [1.807, 2.05) is 0 Å². The molecule has 128 valence electrons. The number of carboxylic acid groups (broad SMARTS) is 1. The standard InChI is InChI=1S/C15H16FN3O5/c1-15(9-3-5-10(16)6-4-9)13(23)19(14(24)17-15)7-11(20)18(2)8-12(21)22/h3-6H,7-8H2,1-2H3,(H,17,24)(H,21,22)/t15-/m1/s1. The first-order valence-electron chi connectivity index (χ1n) is 7.01. The molecule has 0 aromatic heterocycles. The molecule has 4 amide bonds. The Morgan fingerprint density at radius 2 is 1.88 bits per heavy atom. The molecule has 0 unspecified atom stereocenters. The van der Waals surface area contributed by atoms with Crippen LogP contribution in [0.4, 0.5) is 9.18 Å². The zero-order chi connectivity index (χ0) is 18.1. The predicted molar refractivity (Wildman–Crippen MR) is 79.3 cm³/mol. The van der Waals surface area contributed by atoms with Gasteiger partial charge in [0.15, 0.2) is 0 Å². The van der Waals surface area contributed by atoms with Crippen molar-refractivity contribution in [1.29, 1.82) is 0 Å². The zero-order valence-corrected chi connectivity index (χ0v) is 13.1. The van der Waals surface area contributed by atoms with E-state index in [0.717, 1.165) is 17.0 Å². The van der Waals surface area contributed by atoms with Crippen molar-refractivity contribution in [3.63, 3.8) is 0 Å². The number of imide groups is 1. The van der Waals surface area contributed by atoms with Gasteiger partial charge in [-0.3, -0.25) is 19.3 Å². The summed E-state index contributed by atoms with van der Waals surface area (Å²) in [5.41, 5.74) is -1.05. The van der Waals surface area contributed by atoms with E-state index in [4.69, 9.17) is 5.11 Å². The number of rotatable bonds is 5. The Morgan fingerprint density at radius 1 is 1.29 bits per heavy atom. The summed E-state index contributed by atoms with van der Waals surface area (Å²) >= 11 is 0. The maximum atomic E-state index is 13.0. The topological polar surface area (TPSA) is 107 Å². The molecule has 0 bridgehead atoms. The van der Waals surface area contributed by atoms with Crippen LogP contribution in [0.25, 0.3) is 0 Å². The molecule has 8 nitrogen and oxygen atoms in total. The van der Waals surface area contributed by atoms with Gasteiger partial charge in [0.1, 0.15) is 24.4 Å². The second-order valence-corrected chi connectivity index (χ2v) is 5.60. The molecular weight excluding hydrogens is 321 g/mol. The summed E-state index contributed by atoms with van der Waals surface area (Å²) in [5.74, 6) is -3.05. The van der Waals surface area contributed by atoms with Gasteiger partial charge < -0.3 is 15.3 Å². The number of carboxylic acids is 1. The number of nitrogens with one attached hydrogen (secondary N) is 1. The maximum absolute atomic E-state index is 13.0. The normalized spacial score (nSPS) is 20.0. The van der Waals surface area contributed by atoms with Crippen molar-refractivity contribution >= 4 is 23.8 Å². The molecule has 0 saturated carbocycles. The van der Waals surface area contributed by atoms with Gasteiger partial charge in [-0.05, 0) is 24.6 Å². The number of carbonyl (C=O) groups is 4. The summed E-state index contributed by atoms with van der Waals surface area (Å²) in [6.07, 6.45) is 0. The summed E-state index contributed by atoms with van der Waals surface area (Å²) in [5, 5.41) is 11.1. The van der Waals surface area contributed by atoms with Crippen LogP contribution >= 0.6 is 0 Å². The summed E-state index contributed by atoms with van der Waals surface area (Å²) in [4.78, 5) is 48.8. The van der Waals surface area contributed by atoms with Gasteiger partial charge in [0.25, 0.3) is 5.91 Å². The molecule has 1 fully saturated rings. The minimum Gasteiger partial charge on any atom is -0.480 e. The fraction of sp³-hybridized carbons (Fsp3) is 0.333. The molecule has 1 atom stereocenters. The lowest BCUT2D eigenvalue weighted by molar-refractivity contribution is -0.144. The summed E-state index contributed by atoms with van der Waals surface area (Å²) in [7, 11) is 1.26. The van der Waals surface area contributed by atoms with Crippen LogP contribution in [0.5, 0.6) is 0 Å². The van der Waals surface area contributed by atoms with Crippen molar-refractivity contribution in [2.24, 2.45) is 0 Å². The van der Waals surface area contributed by atoms with E-state index >= 15 is 0 Å². The average molecular weight is 337 g/mol. The number of urea groups is 1. The molecule has 0 radical (unpaired) electrons. The highest BCUT2D eigenvalue weighted by Gasteiger charge is 2.49. The number of carbonyl (C=O) groups excluding carboxylic acids is 3. The van der Waals surface area contributed by atoms with E-state index in [9.17, 15) is 23.6 Å². The first-order valence-corrected chi connectivity index (χ1v) is 7.01. The minimum atomic E-state index is -1.42. The van der Waals surface area contributed by atoms with Crippen LogP contribution in [0.2, 0.25) is 0 Å². The molecule has 1 heterocycles. The van der Waals surface area contributed by atoms with Crippen molar-refractivity contribution in [2.75, 3.05) is 20.1 Å². The molecule has 1 aliphatic heterocycles. The third-order valence-electron chi connectivity index (χ3n) is 3.79. The van der Waals surface area contributed by atoms with Crippen molar-refractivity contribution in [1.82, 2.24) is 15.1 Å². The Balaban J connectivity index is 2.18. The van der Waals surface area contributed by atoms with Crippen molar-refractivity contribution in [2.45, 2.75) is 12.5 Å². The Hall–Kier alpha value is -2.97. The first-order chi connectivity index (χ1) is 11.1. The molecule has 24 heavy (non-hydrogen) atoms. The molecule has 2 rings (SSSR count). The van der Waals surface area contributed by atoms with Gasteiger partial charge in [0, 0.05) is 7.05 Å². The average Bonchev–Trinajstić information content (AvgIpc) is 2.71. The Labute approximate surface area is 136 Å². The lowest BCUT2D eigenvalue weighted by Gasteiger charge is -2.23. The number of benzene rings is 1. The molecule has 1 aliphatic rings. The summed E-state index contributed by atoms with van der Waals surface area (Å²) in [6.45, 7) is 0.328. The number of hydrogen-bond acceptors (Lipinski definition) is 4. The highest BCUT2D eigenvalue weighted by Crippen LogP contribution is 2.28. The second kappa shape index (κ2) is 6.26. The Morgan fingerprint density at radius 3 is 2.42 bits per heavy atom. The monoisotopic (exact) mass is 337 g/mol. The van der Waals surface area contributed by atoms with E-state index in [1.165, 1.54) is 26.1 Å². The molecule has 1 saturated heterocycles. The van der Waals surface area contributed by atoms with Crippen LogP contribution in [-0.4, -0.2) is 58.9 Å². The SMILES string of the molecule is CN(CC(=O)O)C(=O)CN1C(=O)N[C@](C)(c2ccc(F)cc2)C1=O. The molecule has 0 aliphatic carbocycles. The minimum absolute atomic E-state index is 0.371. The van der Waals surface area contributed by atoms with Gasteiger partial charge in [-0.2, -0.15) is 0 Å². The Bertz CT molecular complexity index is 706. The molecule has 2 N–H and O–H groups in total. The fourth-order valence-electron chi connectivity index (χ4n) is 2.37.